The number of nitrogens with zero attached hydrogens (tertiary/aromatic N) is 2. The first kappa shape index (κ1) is 23.9. The number of hydrogen-bond acceptors (Lipinski definition) is 4. The molecule has 0 aliphatic carbocycles. The van der Waals surface area contributed by atoms with Gasteiger partial charge in [0.15, 0.2) is 9.84 Å². The lowest BCUT2D eigenvalue weighted by molar-refractivity contribution is 0.589. The van der Waals surface area contributed by atoms with Gasteiger partial charge in [0, 0.05) is 38.6 Å². The van der Waals surface area contributed by atoms with E-state index in [0.29, 0.717) is 4.90 Å². The highest BCUT2D eigenvalue weighted by Gasteiger charge is 2.31. The second kappa shape index (κ2) is 9.78. The van der Waals surface area contributed by atoms with Crippen molar-refractivity contribution in [2.75, 3.05) is 37.0 Å². The molecule has 170 valence electrons. The van der Waals surface area contributed by atoms with Crippen molar-refractivity contribution in [2.45, 2.75) is 37.8 Å². The predicted molar refractivity (Wildman–Crippen MR) is 136 cm³/mol. The van der Waals surface area contributed by atoms with Crippen LogP contribution in [-0.2, 0) is 9.84 Å². The molecule has 0 saturated heterocycles. The molecule has 3 rings (SSSR count). The summed E-state index contributed by atoms with van der Waals surface area (Å²) in [7, 11) is 0.309. The minimum atomic E-state index is -3.65. The van der Waals surface area contributed by atoms with E-state index in [2.05, 4.69) is 31.7 Å². The number of anilines is 2. The molecule has 0 amide bonds. The highest BCUT2D eigenvalue weighted by atomic mass is 32.2. The lowest BCUT2D eigenvalue weighted by atomic mass is 10.0. The third-order valence-electron chi connectivity index (χ3n) is 6.00. The third-order valence-corrected chi connectivity index (χ3v) is 8.09. The first-order valence-corrected chi connectivity index (χ1v) is 12.7. The number of sulfone groups is 1. The van der Waals surface area contributed by atoms with Crippen LogP contribution >= 0.6 is 0 Å². The normalized spacial score (nSPS) is 12.4. The van der Waals surface area contributed by atoms with E-state index in [-0.39, 0.29) is 0 Å². The molecule has 1 atom stereocenters. The molecule has 0 N–H and O–H groups in total. The Morgan fingerprint density at radius 2 is 1.34 bits per heavy atom. The maximum Gasteiger partial charge on any atom is 0.189 e. The topological polar surface area (TPSA) is 40.6 Å². The Labute approximate surface area is 193 Å². The Hall–Kier alpha value is -2.79. The van der Waals surface area contributed by atoms with Gasteiger partial charge in [0.05, 0.1) is 4.90 Å². The van der Waals surface area contributed by atoms with Crippen molar-refractivity contribution in [3.05, 3.63) is 89.0 Å². The van der Waals surface area contributed by atoms with Crippen LogP contribution in [0.25, 0.3) is 0 Å². The van der Waals surface area contributed by atoms with Gasteiger partial charge in [0.2, 0.25) is 0 Å². The molecule has 0 aliphatic rings. The number of aryl methyl sites for hydroxylation is 2. The maximum absolute atomic E-state index is 13.9. The molecule has 0 aromatic heterocycles. The Kier molecular flexibility index (Phi) is 7.29. The minimum Gasteiger partial charge on any atom is -0.378 e. The molecule has 0 aliphatic heterocycles. The van der Waals surface area contributed by atoms with Crippen LogP contribution in [0.3, 0.4) is 0 Å². The van der Waals surface area contributed by atoms with Crippen LogP contribution in [-0.4, -0.2) is 35.6 Å². The molecule has 1 unspecified atom stereocenters. The van der Waals surface area contributed by atoms with Crippen LogP contribution in [0.2, 0.25) is 0 Å². The quantitative estimate of drug-likeness (QED) is 0.436. The highest BCUT2D eigenvalue weighted by molar-refractivity contribution is 7.91. The lowest BCUT2D eigenvalue weighted by Gasteiger charge is -2.25. The van der Waals surface area contributed by atoms with Crippen molar-refractivity contribution in [1.82, 2.24) is 0 Å². The second-order valence-corrected chi connectivity index (χ2v) is 10.5. The molecule has 0 spiro atoms. The van der Waals surface area contributed by atoms with Crippen molar-refractivity contribution in [1.29, 1.82) is 0 Å². The number of benzene rings is 3. The fraction of sp³-hybridized carbons (Fsp3) is 0.333. The number of hydrogen-bond donors (Lipinski definition) is 0. The zero-order valence-electron chi connectivity index (χ0n) is 20.0. The van der Waals surface area contributed by atoms with E-state index < -0.39 is 15.1 Å². The largest absolute Gasteiger partial charge is 0.378 e. The molecule has 0 fully saturated rings. The molecule has 0 bridgehead atoms. The summed E-state index contributed by atoms with van der Waals surface area (Å²) >= 11 is 0. The maximum atomic E-state index is 13.9. The zero-order chi connectivity index (χ0) is 23.5. The Bertz CT molecular complexity index is 1150. The van der Waals surface area contributed by atoms with E-state index in [9.17, 15) is 8.42 Å². The van der Waals surface area contributed by atoms with E-state index in [1.54, 1.807) is 12.1 Å². The van der Waals surface area contributed by atoms with Crippen LogP contribution in [0.4, 0.5) is 11.4 Å². The molecule has 3 aromatic rings. The van der Waals surface area contributed by atoms with E-state index in [1.165, 1.54) is 0 Å². The van der Waals surface area contributed by atoms with Gasteiger partial charge >= 0.3 is 0 Å². The van der Waals surface area contributed by atoms with Crippen LogP contribution < -0.4 is 9.80 Å². The van der Waals surface area contributed by atoms with Gasteiger partial charge in [-0.05, 0) is 74.7 Å². The Morgan fingerprint density at radius 3 is 1.84 bits per heavy atom. The average molecular weight is 451 g/mol. The van der Waals surface area contributed by atoms with Crippen LogP contribution in [0.5, 0.6) is 0 Å². The van der Waals surface area contributed by atoms with Crippen LogP contribution in [0.15, 0.2) is 71.6 Å². The molecule has 0 radical (unpaired) electrons. The van der Waals surface area contributed by atoms with Crippen molar-refractivity contribution in [3.63, 3.8) is 0 Å². The highest BCUT2D eigenvalue weighted by Crippen LogP contribution is 2.37. The minimum absolute atomic E-state index is 0.343. The van der Waals surface area contributed by atoms with E-state index in [0.717, 1.165) is 46.7 Å². The molecule has 0 heterocycles. The molecular formula is C27H34N2O2S. The summed E-state index contributed by atoms with van der Waals surface area (Å²) in [6.45, 7) is 10.1. The molecule has 0 saturated carbocycles. The second-order valence-electron chi connectivity index (χ2n) is 8.44. The van der Waals surface area contributed by atoms with Crippen LogP contribution in [0.1, 0.15) is 41.4 Å². The Balaban J connectivity index is 2.16. The van der Waals surface area contributed by atoms with E-state index >= 15 is 0 Å². The summed E-state index contributed by atoms with van der Waals surface area (Å²) in [6.07, 6.45) is 0. The van der Waals surface area contributed by atoms with Crippen molar-refractivity contribution >= 4 is 21.2 Å². The molecule has 32 heavy (non-hydrogen) atoms. The summed E-state index contributed by atoms with van der Waals surface area (Å²) in [6, 6.07) is 21.0. The summed E-state index contributed by atoms with van der Waals surface area (Å²) in [5.41, 5.74) is 5.86. The van der Waals surface area contributed by atoms with E-state index in [1.807, 2.05) is 74.4 Å². The Morgan fingerprint density at radius 1 is 0.781 bits per heavy atom. The fourth-order valence-electron chi connectivity index (χ4n) is 4.12. The number of rotatable bonds is 8. The van der Waals surface area contributed by atoms with Crippen molar-refractivity contribution in [2.24, 2.45) is 0 Å². The van der Waals surface area contributed by atoms with Gasteiger partial charge in [-0.1, -0.05) is 42.0 Å². The van der Waals surface area contributed by atoms with Gasteiger partial charge < -0.3 is 9.80 Å². The van der Waals surface area contributed by atoms with Gasteiger partial charge in [0.25, 0.3) is 0 Å². The summed E-state index contributed by atoms with van der Waals surface area (Å²) in [4.78, 5) is 4.64. The average Bonchev–Trinajstić information content (AvgIpc) is 2.76. The smallest absolute Gasteiger partial charge is 0.189 e. The third kappa shape index (κ3) is 4.83. The van der Waals surface area contributed by atoms with Crippen molar-refractivity contribution in [3.8, 4) is 0 Å². The summed E-state index contributed by atoms with van der Waals surface area (Å²) in [5.74, 6) is 0. The summed E-state index contributed by atoms with van der Waals surface area (Å²) in [5, 5.41) is -0.772. The molecule has 3 aromatic carbocycles. The van der Waals surface area contributed by atoms with Crippen molar-refractivity contribution < 1.29 is 8.42 Å². The predicted octanol–water partition coefficient (Wildman–Crippen LogP) is 5.78. The first-order valence-electron chi connectivity index (χ1n) is 11.1. The molecule has 4 nitrogen and oxygen atoms in total. The standard InChI is InChI=1S/C27H34N2O2S/c1-7-29(8-2)26-18-13-23(19-21(26)4)27(22-11-14-24(15-12-22)28(5)6)32(30,31)25-16-9-20(3)10-17-25/h9-19,27H,7-8H2,1-6H3. The lowest BCUT2D eigenvalue weighted by Crippen LogP contribution is -2.23. The van der Waals surface area contributed by atoms with Crippen LogP contribution in [0, 0.1) is 13.8 Å². The van der Waals surface area contributed by atoms with E-state index in [4.69, 9.17) is 0 Å². The van der Waals surface area contributed by atoms with Gasteiger partial charge in [-0.15, -0.1) is 0 Å². The van der Waals surface area contributed by atoms with Gasteiger partial charge in [-0.3, -0.25) is 0 Å². The van der Waals surface area contributed by atoms with Gasteiger partial charge in [0.1, 0.15) is 5.25 Å². The molecule has 5 heteroatoms. The van der Waals surface area contributed by atoms with Gasteiger partial charge in [-0.2, -0.15) is 0 Å². The first-order chi connectivity index (χ1) is 15.2. The zero-order valence-corrected chi connectivity index (χ0v) is 20.8. The van der Waals surface area contributed by atoms with Gasteiger partial charge in [-0.25, -0.2) is 8.42 Å². The molecular weight excluding hydrogens is 416 g/mol. The fourth-order valence-corrected chi connectivity index (χ4v) is 5.93. The summed E-state index contributed by atoms with van der Waals surface area (Å²) < 4.78 is 27.8. The monoisotopic (exact) mass is 450 g/mol. The SMILES string of the molecule is CCN(CC)c1ccc(C(c2ccc(N(C)C)cc2)S(=O)(=O)c2ccc(C)cc2)cc1C.